The Balaban J connectivity index is 2.09. The van der Waals surface area contributed by atoms with Gasteiger partial charge in [0, 0.05) is 6.20 Å². The van der Waals surface area contributed by atoms with Gasteiger partial charge >= 0.3 is 0 Å². The third kappa shape index (κ3) is 1.96. The molecule has 1 aromatic carbocycles. The Bertz CT molecular complexity index is 711. The Morgan fingerprint density at radius 3 is 2.94 bits per heavy atom. The number of nitrogens with two attached hydrogens (primary N) is 1. The first-order valence-corrected chi connectivity index (χ1v) is 6.23. The third-order valence-corrected chi connectivity index (χ3v) is 3.26. The highest BCUT2D eigenvalue weighted by Gasteiger charge is 2.10. The molecule has 0 aliphatic rings. The number of hydrogen-bond donors (Lipinski definition) is 2. The van der Waals surface area contributed by atoms with E-state index in [1.807, 2.05) is 6.07 Å². The van der Waals surface area contributed by atoms with Gasteiger partial charge in [0.1, 0.15) is 11.0 Å². The van der Waals surface area contributed by atoms with Crippen LogP contribution in [0.3, 0.4) is 0 Å². The number of nitrogens with zero attached hydrogens (tertiary/aromatic N) is 3. The van der Waals surface area contributed by atoms with Gasteiger partial charge in [0.2, 0.25) is 0 Å². The fraction of sp³-hybridized carbons (Fsp3) is 0. The van der Waals surface area contributed by atoms with Crippen LogP contribution in [-0.2, 0) is 0 Å². The lowest BCUT2D eigenvalue weighted by Gasteiger charge is -2.08. The highest BCUT2D eigenvalue weighted by molar-refractivity contribution is 7.00. The first-order valence-electron chi connectivity index (χ1n) is 5.12. The maximum atomic E-state index is 6.17. The lowest BCUT2D eigenvalue weighted by Crippen LogP contribution is -1.95. The van der Waals surface area contributed by atoms with E-state index < -0.39 is 0 Å². The number of hydrogen-bond acceptors (Lipinski definition) is 6. The van der Waals surface area contributed by atoms with Gasteiger partial charge in [0.15, 0.2) is 0 Å². The van der Waals surface area contributed by atoms with E-state index in [1.165, 1.54) is 0 Å². The van der Waals surface area contributed by atoms with Crippen LogP contribution in [0.15, 0.2) is 30.6 Å². The van der Waals surface area contributed by atoms with Gasteiger partial charge in [-0.05, 0) is 18.2 Å². The van der Waals surface area contributed by atoms with Crippen molar-refractivity contribution < 1.29 is 0 Å². The SMILES string of the molecule is Nc1cncc(Nc2c(Cl)ccc3nsnc23)c1. The van der Waals surface area contributed by atoms with E-state index >= 15 is 0 Å². The summed E-state index contributed by atoms with van der Waals surface area (Å²) in [4.78, 5) is 4.01. The van der Waals surface area contributed by atoms with Gasteiger partial charge < -0.3 is 11.1 Å². The number of halogens is 1. The minimum atomic E-state index is 0.581. The van der Waals surface area contributed by atoms with Crippen molar-refractivity contribution in [2.24, 2.45) is 0 Å². The third-order valence-electron chi connectivity index (χ3n) is 2.41. The van der Waals surface area contributed by atoms with Crippen molar-refractivity contribution in [2.45, 2.75) is 0 Å². The van der Waals surface area contributed by atoms with E-state index in [0.29, 0.717) is 10.7 Å². The van der Waals surface area contributed by atoms with Crippen LogP contribution in [0, 0.1) is 0 Å². The van der Waals surface area contributed by atoms with E-state index in [0.717, 1.165) is 34.1 Å². The second kappa shape index (κ2) is 4.40. The fourth-order valence-corrected chi connectivity index (χ4v) is 2.36. The van der Waals surface area contributed by atoms with Gasteiger partial charge in [-0.1, -0.05) is 11.6 Å². The van der Waals surface area contributed by atoms with Gasteiger partial charge in [-0.2, -0.15) is 8.75 Å². The molecule has 0 saturated heterocycles. The van der Waals surface area contributed by atoms with E-state index in [1.54, 1.807) is 24.5 Å². The average molecular weight is 278 g/mol. The summed E-state index contributed by atoms with van der Waals surface area (Å²) in [6.45, 7) is 0. The van der Waals surface area contributed by atoms with Crippen LogP contribution < -0.4 is 11.1 Å². The van der Waals surface area contributed by atoms with Crippen molar-refractivity contribution in [3.8, 4) is 0 Å². The fourth-order valence-electron chi connectivity index (χ4n) is 1.62. The van der Waals surface area contributed by atoms with E-state index in [4.69, 9.17) is 17.3 Å². The Hall–Kier alpha value is -1.92. The van der Waals surface area contributed by atoms with Gasteiger partial charge in [0.25, 0.3) is 0 Å². The minimum Gasteiger partial charge on any atom is -0.397 e. The lowest BCUT2D eigenvalue weighted by molar-refractivity contribution is 1.33. The molecule has 2 heterocycles. The standard InChI is InChI=1S/C11H8ClN5S/c12-8-1-2-9-11(17-18-16-9)10(8)15-7-3-6(13)4-14-5-7/h1-5,15H,13H2. The summed E-state index contributed by atoms with van der Waals surface area (Å²) >= 11 is 7.32. The Morgan fingerprint density at radius 2 is 2.11 bits per heavy atom. The number of benzene rings is 1. The largest absolute Gasteiger partial charge is 0.397 e. The van der Waals surface area contributed by atoms with Crippen LogP contribution in [0.4, 0.5) is 17.1 Å². The molecular formula is C11H8ClN5S. The summed E-state index contributed by atoms with van der Waals surface area (Å²) in [5, 5.41) is 3.75. The molecule has 0 amide bonds. The molecule has 0 atom stereocenters. The van der Waals surface area contributed by atoms with Crippen LogP contribution in [0.25, 0.3) is 11.0 Å². The van der Waals surface area contributed by atoms with Crippen molar-refractivity contribution in [3.63, 3.8) is 0 Å². The quantitative estimate of drug-likeness (QED) is 0.753. The molecular weight excluding hydrogens is 270 g/mol. The van der Waals surface area contributed by atoms with Crippen molar-refractivity contribution >= 4 is 51.4 Å². The second-order valence-corrected chi connectivity index (χ2v) is 4.62. The van der Waals surface area contributed by atoms with Crippen LogP contribution in [0.1, 0.15) is 0 Å². The molecule has 5 nitrogen and oxygen atoms in total. The molecule has 18 heavy (non-hydrogen) atoms. The van der Waals surface area contributed by atoms with Gasteiger partial charge in [0.05, 0.1) is 40.0 Å². The molecule has 3 N–H and O–H groups in total. The molecule has 0 aliphatic heterocycles. The zero-order valence-electron chi connectivity index (χ0n) is 9.09. The zero-order chi connectivity index (χ0) is 12.5. The van der Waals surface area contributed by atoms with E-state index in [9.17, 15) is 0 Å². The summed E-state index contributed by atoms with van der Waals surface area (Å²) in [5.41, 5.74) is 9.30. The molecule has 0 unspecified atom stereocenters. The Kier molecular flexibility index (Phi) is 2.73. The molecule has 0 radical (unpaired) electrons. The molecule has 7 heteroatoms. The highest BCUT2D eigenvalue weighted by atomic mass is 35.5. The molecule has 0 bridgehead atoms. The first-order chi connectivity index (χ1) is 8.74. The van der Waals surface area contributed by atoms with Crippen LogP contribution in [-0.4, -0.2) is 13.7 Å². The molecule has 0 spiro atoms. The predicted molar refractivity (Wildman–Crippen MR) is 74.4 cm³/mol. The molecule has 3 aromatic rings. The van der Waals surface area contributed by atoms with Crippen LogP contribution >= 0.6 is 23.3 Å². The smallest absolute Gasteiger partial charge is 0.129 e. The number of nitrogen functional groups attached to an aromatic ring is 1. The van der Waals surface area contributed by atoms with Crippen LogP contribution in [0.5, 0.6) is 0 Å². The summed E-state index contributed by atoms with van der Waals surface area (Å²) in [7, 11) is 0. The molecule has 0 aliphatic carbocycles. The number of fused-ring (bicyclic) bond motifs is 1. The number of pyridine rings is 1. The molecule has 3 rings (SSSR count). The van der Waals surface area contributed by atoms with Gasteiger partial charge in [-0.15, -0.1) is 0 Å². The highest BCUT2D eigenvalue weighted by Crippen LogP contribution is 2.32. The average Bonchev–Trinajstić information content (AvgIpc) is 2.81. The monoisotopic (exact) mass is 277 g/mol. The van der Waals surface area contributed by atoms with Gasteiger partial charge in [-0.25, -0.2) is 0 Å². The molecule has 0 saturated carbocycles. The predicted octanol–water partition coefficient (Wildman–Crippen LogP) is 3.07. The van der Waals surface area contributed by atoms with Crippen molar-refractivity contribution in [2.75, 3.05) is 11.1 Å². The second-order valence-electron chi connectivity index (χ2n) is 3.69. The number of rotatable bonds is 2. The maximum Gasteiger partial charge on any atom is 0.129 e. The summed E-state index contributed by atoms with van der Waals surface area (Å²) < 4.78 is 8.40. The molecule has 0 fully saturated rings. The zero-order valence-corrected chi connectivity index (χ0v) is 10.7. The number of aromatic nitrogens is 3. The van der Waals surface area contributed by atoms with Crippen LogP contribution in [0.2, 0.25) is 5.02 Å². The Labute approximate surface area is 112 Å². The van der Waals surface area contributed by atoms with Crippen molar-refractivity contribution in [1.82, 2.24) is 13.7 Å². The maximum absolute atomic E-state index is 6.17. The molecule has 90 valence electrons. The van der Waals surface area contributed by atoms with Crippen molar-refractivity contribution in [3.05, 3.63) is 35.6 Å². The molecule has 2 aromatic heterocycles. The summed E-state index contributed by atoms with van der Waals surface area (Å²) in [5.74, 6) is 0. The summed E-state index contributed by atoms with van der Waals surface area (Å²) in [6, 6.07) is 5.40. The minimum absolute atomic E-state index is 0.581. The topological polar surface area (TPSA) is 76.7 Å². The Morgan fingerprint density at radius 1 is 1.22 bits per heavy atom. The summed E-state index contributed by atoms with van der Waals surface area (Å²) in [6.07, 6.45) is 3.25. The normalized spacial score (nSPS) is 10.7. The number of nitrogens with one attached hydrogen (secondary N) is 1. The number of anilines is 3. The van der Waals surface area contributed by atoms with E-state index in [2.05, 4.69) is 19.0 Å². The lowest BCUT2D eigenvalue weighted by atomic mass is 10.2. The van der Waals surface area contributed by atoms with E-state index in [-0.39, 0.29) is 0 Å². The first kappa shape index (κ1) is 11.2. The van der Waals surface area contributed by atoms with Gasteiger partial charge in [-0.3, -0.25) is 4.98 Å². The van der Waals surface area contributed by atoms with Crippen molar-refractivity contribution in [1.29, 1.82) is 0 Å².